The lowest BCUT2D eigenvalue weighted by Crippen LogP contribution is -2.38. The van der Waals surface area contributed by atoms with Gasteiger partial charge in [-0.1, -0.05) is 11.6 Å². The molecule has 7 nitrogen and oxygen atoms in total. The molecule has 0 bridgehead atoms. The van der Waals surface area contributed by atoms with Crippen molar-refractivity contribution in [3.8, 4) is 11.6 Å². The predicted octanol–water partition coefficient (Wildman–Crippen LogP) is 2.15. The second-order valence-corrected chi connectivity index (χ2v) is 5.27. The van der Waals surface area contributed by atoms with Gasteiger partial charge in [0.15, 0.2) is 0 Å². The Kier molecular flexibility index (Phi) is 4.29. The van der Waals surface area contributed by atoms with Gasteiger partial charge in [0.05, 0.1) is 11.9 Å². The van der Waals surface area contributed by atoms with Gasteiger partial charge < -0.3 is 20.7 Å². The van der Waals surface area contributed by atoms with Crippen LogP contribution in [0.5, 0.6) is 11.6 Å². The summed E-state index contributed by atoms with van der Waals surface area (Å²) in [4.78, 5) is 27.1. The monoisotopic (exact) mass is 332 g/mol. The number of halogens is 1. The molecular weight excluding hydrogens is 320 g/mol. The van der Waals surface area contributed by atoms with E-state index in [1.807, 2.05) is 0 Å². The van der Waals surface area contributed by atoms with Gasteiger partial charge in [-0.3, -0.25) is 4.79 Å². The zero-order chi connectivity index (χ0) is 16.2. The van der Waals surface area contributed by atoms with Crippen LogP contribution in [0.25, 0.3) is 0 Å². The van der Waals surface area contributed by atoms with Crippen LogP contribution in [0.3, 0.4) is 0 Å². The molecule has 8 heteroatoms. The molecule has 3 N–H and O–H groups in total. The highest BCUT2D eigenvalue weighted by atomic mass is 35.5. The van der Waals surface area contributed by atoms with Gasteiger partial charge in [-0.25, -0.2) is 9.78 Å². The first kappa shape index (κ1) is 15.1. The second-order valence-electron chi connectivity index (χ2n) is 4.84. The smallest absolute Gasteiger partial charge is 0.315 e. The summed E-state index contributed by atoms with van der Waals surface area (Å²) in [5.41, 5.74) is 0.514. The Labute approximate surface area is 137 Å². The minimum Gasteiger partial charge on any atom is -0.439 e. The highest BCUT2D eigenvalue weighted by Gasteiger charge is 2.26. The Balaban J connectivity index is 1.59. The number of benzene rings is 1. The minimum atomic E-state index is -0.590. The van der Waals surface area contributed by atoms with E-state index in [4.69, 9.17) is 16.3 Å². The van der Waals surface area contributed by atoms with Crippen molar-refractivity contribution in [2.24, 2.45) is 0 Å². The van der Waals surface area contributed by atoms with Gasteiger partial charge in [-0.05, 0) is 30.3 Å². The number of carbonyl (C=O) groups is 2. The van der Waals surface area contributed by atoms with Gasteiger partial charge >= 0.3 is 6.03 Å². The molecule has 118 valence electrons. The average molecular weight is 333 g/mol. The van der Waals surface area contributed by atoms with Crippen molar-refractivity contribution in [1.29, 1.82) is 0 Å². The van der Waals surface area contributed by atoms with E-state index in [2.05, 4.69) is 20.9 Å². The molecule has 1 aromatic heterocycles. The molecular formula is C15H13ClN4O3. The Hall–Kier alpha value is -2.80. The van der Waals surface area contributed by atoms with E-state index in [9.17, 15) is 9.59 Å². The zero-order valence-corrected chi connectivity index (χ0v) is 12.6. The summed E-state index contributed by atoms with van der Waals surface area (Å²) >= 11 is 5.80. The van der Waals surface area contributed by atoms with E-state index in [1.54, 1.807) is 36.4 Å². The quantitative estimate of drug-likeness (QED) is 0.800. The fraction of sp³-hybridized carbons (Fsp3) is 0.133. The van der Waals surface area contributed by atoms with Gasteiger partial charge in [-0.2, -0.15) is 0 Å². The van der Waals surface area contributed by atoms with Gasteiger partial charge in [0.2, 0.25) is 11.8 Å². The number of amides is 3. The van der Waals surface area contributed by atoms with E-state index >= 15 is 0 Å². The molecule has 1 saturated heterocycles. The van der Waals surface area contributed by atoms with Crippen molar-refractivity contribution in [2.45, 2.75) is 6.04 Å². The lowest BCUT2D eigenvalue weighted by Gasteiger charge is -2.10. The molecule has 3 rings (SSSR count). The Morgan fingerprint density at radius 1 is 1.26 bits per heavy atom. The van der Waals surface area contributed by atoms with Crippen LogP contribution in [0.15, 0.2) is 42.6 Å². The molecule has 0 aliphatic carbocycles. The maximum Gasteiger partial charge on any atom is 0.315 e. The van der Waals surface area contributed by atoms with E-state index in [0.717, 1.165) is 0 Å². The van der Waals surface area contributed by atoms with Crippen LogP contribution in [0, 0.1) is 0 Å². The highest BCUT2D eigenvalue weighted by Crippen LogP contribution is 2.22. The number of aromatic nitrogens is 1. The summed E-state index contributed by atoms with van der Waals surface area (Å²) in [5, 5.41) is 8.32. The number of nitrogens with zero attached hydrogens (tertiary/aromatic N) is 1. The molecule has 0 unspecified atom stereocenters. The number of ether oxygens (including phenoxy) is 1. The van der Waals surface area contributed by atoms with Crippen molar-refractivity contribution in [3.63, 3.8) is 0 Å². The van der Waals surface area contributed by atoms with Crippen LogP contribution in [0.1, 0.15) is 0 Å². The predicted molar refractivity (Wildman–Crippen MR) is 84.7 cm³/mol. The highest BCUT2D eigenvalue weighted by molar-refractivity contribution is 6.30. The normalized spacial score (nSPS) is 16.4. The SMILES string of the molecule is O=C1NC[C@@H](C(=O)Nc2ccc(Oc3ccc(Cl)cc3)nc2)N1. The van der Waals surface area contributed by atoms with Crippen LogP contribution in [-0.2, 0) is 4.79 Å². The molecule has 0 saturated carbocycles. The molecule has 23 heavy (non-hydrogen) atoms. The Bertz CT molecular complexity index is 719. The number of rotatable bonds is 4. The summed E-state index contributed by atoms with van der Waals surface area (Å²) in [6.45, 7) is 0.260. The second kappa shape index (κ2) is 6.53. The summed E-state index contributed by atoms with van der Waals surface area (Å²) in [6, 6.07) is 9.26. The molecule has 1 aliphatic rings. The fourth-order valence-corrected chi connectivity index (χ4v) is 2.11. The fourth-order valence-electron chi connectivity index (χ4n) is 1.98. The third kappa shape index (κ3) is 3.89. The third-order valence-electron chi connectivity index (χ3n) is 3.13. The zero-order valence-electron chi connectivity index (χ0n) is 11.9. The Morgan fingerprint density at radius 3 is 2.65 bits per heavy atom. The van der Waals surface area contributed by atoms with Crippen LogP contribution in [0.4, 0.5) is 10.5 Å². The molecule has 0 spiro atoms. The first-order valence-electron chi connectivity index (χ1n) is 6.85. The van der Waals surface area contributed by atoms with E-state index in [-0.39, 0.29) is 18.5 Å². The van der Waals surface area contributed by atoms with Crippen molar-refractivity contribution in [1.82, 2.24) is 15.6 Å². The maximum atomic E-state index is 11.9. The largest absolute Gasteiger partial charge is 0.439 e. The van der Waals surface area contributed by atoms with Gasteiger partial charge in [-0.15, -0.1) is 0 Å². The summed E-state index contributed by atoms with van der Waals surface area (Å²) in [7, 11) is 0. The maximum absolute atomic E-state index is 11.9. The lowest BCUT2D eigenvalue weighted by atomic mass is 10.3. The van der Waals surface area contributed by atoms with Gasteiger partial charge in [0.1, 0.15) is 11.8 Å². The minimum absolute atomic E-state index is 0.260. The number of hydrogen-bond donors (Lipinski definition) is 3. The van der Waals surface area contributed by atoms with Crippen LogP contribution in [0.2, 0.25) is 5.02 Å². The molecule has 2 heterocycles. The standard InChI is InChI=1S/C15H13ClN4O3/c16-9-1-4-11(5-2-9)23-13-6-3-10(7-17-13)19-14(21)12-8-18-15(22)20-12/h1-7,12H,8H2,(H,19,21)(H2,18,20,22)/t12-/m0/s1. The number of carbonyl (C=O) groups excluding carboxylic acids is 2. The van der Waals surface area contributed by atoms with Crippen molar-refractivity contribution >= 4 is 29.2 Å². The number of anilines is 1. The number of pyridine rings is 1. The van der Waals surface area contributed by atoms with Gasteiger partial charge in [0, 0.05) is 17.6 Å². The number of nitrogens with one attached hydrogen (secondary N) is 3. The molecule has 1 fully saturated rings. The third-order valence-corrected chi connectivity index (χ3v) is 3.38. The number of urea groups is 1. The molecule has 3 amide bonds. The lowest BCUT2D eigenvalue weighted by molar-refractivity contribution is -0.117. The van der Waals surface area contributed by atoms with Crippen LogP contribution < -0.4 is 20.7 Å². The van der Waals surface area contributed by atoms with Crippen molar-refractivity contribution in [3.05, 3.63) is 47.6 Å². The molecule has 1 aliphatic heterocycles. The first-order chi connectivity index (χ1) is 11.1. The van der Waals surface area contributed by atoms with E-state index < -0.39 is 6.04 Å². The molecule has 1 aromatic carbocycles. The number of hydrogen-bond acceptors (Lipinski definition) is 4. The molecule has 1 atom stereocenters. The summed E-state index contributed by atoms with van der Waals surface area (Å²) in [6.07, 6.45) is 1.48. The molecule has 2 aromatic rings. The Morgan fingerprint density at radius 2 is 2.04 bits per heavy atom. The topological polar surface area (TPSA) is 92.4 Å². The molecule has 0 radical (unpaired) electrons. The van der Waals surface area contributed by atoms with E-state index in [0.29, 0.717) is 22.3 Å². The van der Waals surface area contributed by atoms with Crippen molar-refractivity contribution in [2.75, 3.05) is 11.9 Å². The van der Waals surface area contributed by atoms with Gasteiger partial charge in [0.25, 0.3) is 0 Å². The van der Waals surface area contributed by atoms with E-state index in [1.165, 1.54) is 6.20 Å². The average Bonchev–Trinajstić information content (AvgIpc) is 2.98. The summed E-state index contributed by atoms with van der Waals surface area (Å²) < 4.78 is 5.56. The first-order valence-corrected chi connectivity index (χ1v) is 7.23. The van der Waals surface area contributed by atoms with Crippen molar-refractivity contribution < 1.29 is 14.3 Å². The summed E-state index contributed by atoms with van der Waals surface area (Å²) in [5.74, 6) is 0.691. The van der Waals surface area contributed by atoms with Crippen LogP contribution >= 0.6 is 11.6 Å². The van der Waals surface area contributed by atoms with Crippen LogP contribution in [-0.4, -0.2) is 29.5 Å².